The molecular formula is C19H20Br. The Morgan fingerprint density at radius 1 is 0.950 bits per heavy atom. The molecule has 1 aliphatic carbocycles. The zero-order valence-electron chi connectivity index (χ0n) is 11.8. The van der Waals surface area contributed by atoms with Crippen molar-refractivity contribution in [2.24, 2.45) is 0 Å². The van der Waals surface area contributed by atoms with Gasteiger partial charge >= 0.3 is 0 Å². The lowest BCUT2D eigenvalue weighted by Gasteiger charge is -2.08. The Bertz CT molecular complexity index is 586. The van der Waals surface area contributed by atoms with Gasteiger partial charge in [-0.25, -0.2) is 0 Å². The fourth-order valence-corrected chi connectivity index (χ4v) is 3.53. The third kappa shape index (κ3) is 2.83. The summed E-state index contributed by atoms with van der Waals surface area (Å²) in [6.07, 6.45) is 7.52. The van der Waals surface area contributed by atoms with E-state index in [1.807, 2.05) is 0 Å². The maximum atomic E-state index is 3.50. The van der Waals surface area contributed by atoms with Crippen molar-refractivity contribution in [1.82, 2.24) is 0 Å². The van der Waals surface area contributed by atoms with Crippen molar-refractivity contribution in [2.45, 2.75) is 38.5 Å². The van der Waals surface area contributed by atoms with E-state index < -0.39 is 0 Å². The molecule has 0 N–H and O–H groups in total. The third-order valence-corrected chi connectivity index (χ3v) is 4.74. The normalized spacial score (nSPS) is 12.2. The fourth-order valence-electron chi connectivity index (χ4n) is 3.13. The van der Waals surface area contributed by atoms with E-state index in [2.05, 4.69) is 58.4 Å². The zero-order valence-corrected chi connectivity index (χ0v) is 13.4. The number of rotatable bonds is 6. The first-order chi connectivity index (χ1) is 9.90. The minimum absolute atomic E-state index is 1.10. The second-order valence-corrected chi connectivity index (χ2v) is 6.33. The first kappa shape index (κ1) is 13.9. The number of aryl methyl sites for hydroxylation is 1. The van der Waals surface area contributed by atoms with E-state index >= 15 is 0 Å². The maximum Gasteiger partial charge on any atom is 0.00313 e. The van der Waals surface area contributed by atoms with Crippen LogP contribution in [-0.2, 0) is 12.8 Å². The van der Waals surface area contributed by atoms with Crippen LogP contribution in [0.2, 0.25) is 0 Å². The van der Waals surface area contributed by atoms with E-state index in [1.54, 1.807) is 0 Å². The van der Waals surface area contributed by atoms with Gasteiger partial charge in [0.05, 0.1) is 0 Å². The average Bonchev–Trinajstić information content (AvgIpc) is 2.87. The van der Waals surface area contributed by atoms with Crippen LogP contribution in [0.4, 0.5) is 0 Å². The summed E-state index contributed by atoms with van der Waals surface area (Å²) in [7, 11) is 0. The predicted octanol–water partition coefficient (Wildman–Crippen LogP) is 5.56. The first-order valence-electron chi connectivity index (χ1n) is 7.57. The highest BCUT2D eigenvalue weighted by Gasteiger charge is 2.19. The van der Waals surface area contributed by atoms with E-state index in [0.29, 0.717) is 0 Å². The van der Waals surface area contributed by atoms with Crippen LogP contribution in [-0.4, -0.2) is 5.33 Å². The highest BCUT2D eigenvalue weighted by molar-refractivity contribution is 9.09. The van der Waals surface area contributed by atoms with Gasteiger partial charge in [-0.15, -0.1) is 0 Å². The van der Waals surface area contributed by atoms with Gasteiger partial charge in [0.25, 0.3) is 0 Å². The molecule has 0 atom stereocenters. The van der Waals surface area contributed by atoms with Crippen LogP contribution in [0.15, 0.2) is 36.4 Å². The summed E-state index contributed by atoms with van der Waals surface area (Å²) >= 11 is 3.50. The van der Waals surface area contributed by atoms with Crippen LogP contribution in [0.5, 0.6) is 0 Å². The SMILES string of the molecule is BrCCCCCCc1[c]ccc2c1Cc1ccccc1-2. The predicted molar refractivity (Wildman–Crippen MR) is 89.5 cm³/mol. The van der Waals surface area contributed by atoms with Crippen LogP contribution in [0.25, 0.3) is 11.1 Å². The van der Waals surface area contributed by atoms with Crippen LogP contribution in [0.3, 0.4) is 0 Å². The second-order valence-electron chi connectivity index (χ2n) is 5.54. The Kier molecular flexibility index (Phi) is 4.57. The minimum atomic E-state index is 1.10. The smallest absolute Gasteiger partial charge is 0.00313 e. The Labute approximate surface area is 130 Å². The molecule has 20 heavy (non-hydrogen) atoms. The molecule has 0 bridgehead atoms. The molecule has 0 saturated heterocycles. The average molecular weight is 328 g/mol. The number of alkyl halides is 1. The van der Waals surface area contributed by atoms with E-state index in [0.717, 1.165) is 11.8 Å². The van der Waals surface area contributed by atoms with Crippen molar-refractivity contribution in [3.63, 3.8) is 0 Å². The number of fused-ring (bicyclic) bond motifs is 3. The lowest BCUT2D eigenvalue weighted by Crippen LogP contribution is -1.94. The van der Waals surface area contributed by atoms with Gasteiger partial charge in [0.2, 0.25) is 0 Å². The molecule has 2 aromatic rings. The summed E-state index contributed by atoms with van der Waals surface area (Å²) in [6, 6.07) is 16.6. The molecule has 1 radical (unpaired) electrons. The molecule has 0 aromatic heterocycles. The van der Waals surface area contributed by atoms with Crippen molar-refractivity contribution in [3.05, 3.63) is 59.2 Å². The largest absolute Gasteiger partial charge is 0.0928 e. The summed E-state index contributed by atoms with van der Waals surface area (Å²) in [4.78, 5) is 0. The molecule has 1 aliphatic rings. The molecule has 0 heterocycles. The Morgan fingerprint density at radius 2 is 1.80 bits per heavy atom. The van der Waals surface area contributed by atoms with Crippen LogP contribution in [0, 0.1) is 6.07 Å². The van der Waals surface area contributed by atoms with Gasteiger partial charge in [0.1, 0.15) is 0 Å². The second kappa shape index (κ2) is 6.58. The summed E-state index contributed by atoms with van der Waals surface area (Å²) < 4.78 is 0. The van der Waals surface area contributed by atoms with Crippen LogP contribution < -0.4 is 0 Å². The quantitative estimate of drug-likeness (QED) is 0.411. The number of hydrogen-bond donors (Lipinski definition) is 0. The first-order valence-corrected chi connectivity index (χ1v) is 8.69. The molecule has 1 heteroatoms. The molecule has 3 rings (SSSR count). The summed E-state index contributed by atoms with van der Waals surface area (Å²) in [5, 5.41) is 1.13. The molecule has 0 aliphatic heterocycles. The Balaban J connectivity index is 1.73. The molecule has 0 amide bonds. The lowest BCUT2D eigenvalue weighted by atomic mass is 9.97. The van der Waals surface area contributed by atoms with Crippen molar-refractivity contribution in [2.75, 3.05) is 5.33 Å². The van der Waals surface area contributed by atoms with Gasteiger partial charge in [-0.2, -0.15) is 0 Å². The molecule has 103 valence electrons. The van der Waals surface area contributed by atoms with E-state index in [9.17, 15) is 0 Å². The molecule has 2 aromatic carbocycles. The summed E-state index contributed by atoms with van der Waals surface area (Å²) in [5.41, 5.74) is 7.31. The van der Waals surface area contributed by atoms with Crippen molar-refractivity contribution in [3.8, 4) is 11.1 Å². The van der Waals surface area contributed by atoms with Gasteiger partial charge in [-0.1, -0.05) is 65.2 Å². The van der Waals surface area contributed by atoms with Crippen molar-refractivity contribution < 1.29 is 0 Å². The van der Waals surface area contributed by atoms with Gasteiger partial charge in [-0.3, -0.25) is 0 Å². The number of hydrogen-bond acceptors (Lipinski definition) is 0. The molecule has 0 unspecified atom stereocenters. The molecule has 0 saturated carbocycles. The topological polar surface area (TPSA) is 0 Å². The van der Waals surface area contributed by atoms with Crippen molar-refractivity contribution >= 4 is 15.9 Å². The number of unbranched alkanes of at least 4 members (excludes halogenated alkanes) is 3. The van der Waals surface area contributed by atoms with Crippen LogP contribution in [0.1, 0.15) is 42.4 Å². The molecule has 0 spiro atoms. The molecule has 0 nitrogen and oxygen atoms in total. The van der Waals surface area contributed by atoms with Gasteiger partial charge in [0, 0.05) is 5.33 Å². The monoisotopic (exact) mass is 327 g/mol. The number of benzene rings is 2. The molecular weight excluding hydrogens is 308 g/mol. The van der Waals surface area contributed by atoms with E-state index in [-0.39, 0.29) is 0 Å². The molecule has 0 fully saturated rings. The Hall–Kier alpha value is -1.08. The summed E-state index contributed by atoms with van der Waals surface area (Å²) in [5.74, 6) is 0. The van der Waals surface area contributed by atoms with E-state index in [4.69, 9.17) is 0 Å². The highest BCUT2D eigenvalue weighted by atomic mass is 79.9. The maximum absolute atomic E-state index is 3.50. The summed E-state index contributed by atoms with van der Waals surface area (Å²) in [6.45, 7) is 0. The number of halogens is 1. The fraction of sp³-hybridized carbons (Fsp3) is 0.368. The minimum Gasteiger partial charge on any atom is -0.0928 e. The van der Waals surface area contributed by atoms with Crippen LogP contribution >= 0.6 is 15.9 Å². The third-order valence-electron chi connectivity index (χ3n) is 4.18. The Morgan fingerprint density at radius 3 is 2.70 bits per heavy atom. The van der Waals surface area contributed by atoms with Gasteiger partial charge in [-0.05, 0) is 59.6 Å². The van der Waals surface area contributed by atoms with Crippen molar-refractivity contribution in [1.29, 1.82) is 0 Å². The van der Waals surface area contributed by atoms with Gasteiger partial charge < -0.3 is 0 Å². The highest BCUT2D eigenvalue weighted by Crippen LogP contribution is 2.38. The van der Waals surface area contributed by atoms with Gasteiger partial charge in [0.15, 0.2) is 0 Å². The lowest BCUT2D eigenvalue weighted by molar-refractivity contribution is 0.670. The standard InChI is InChI=1S/C19H20Br/c20-13-6-2-1-3-8-15-10-7-12-18-17-11-5-4-9-16(17)14-19(15)18/h4-5,7,9,11-12H,1-3,6,8,13-14H2. The zero-order chi connectivity index (χ0) is 13.8. The van der Waals surface area contributed by atoms with E-state index in [1.165, 1.54) is 59.9 Å².